The van der Waals surface area contributed by atoms with Crippen LogP contribution in [-0.2, 0) is 2.69 Å². The normalized spacial score (nSPS) is 5.17. The predicted octanol–water partition coefficient (Wildman–Crippen LogP) is -2.55. The van der Waals surface area contributed by atoms with Crippen molar-refractivity contribution in [1.82, 2.24) is 0 Å². The molecule has 2 radical (unpaired) electrons. The van der Waals surface area contributed by atoms with E-state index in [1.807, 2.05) is 0 Å². The minimum absolute atomic E-state index is 0.0556. The zero-order chi connectivity index (χ0) is 5.58. The Morgan fingerprint density at radius 1 is 1.17 bits per heavy atom. The van der Waals surface area contributed by atoms with Crippen LogP contribution in [0.4, 0.5) is 0 Å². The Morgan fingerprint density at radius 2 is 1.17 bits per heavy atom. The molecule has 0 saturated carbocycles. The second-order valence-electron chi connectivity index (χ2n) is 0.346. The molecule has 4 nitrogen and oxygen atoms in total. The summed E-state index contributed by atoms with van der Waals surface area (Å²) in [6.45, 7) is 0. The van der Waals surface area contributed by atoms with Crippen molar-refractivity contribution in [3.05, 3.63) is 0 Å². The first kappa shape index (κ1) is 9.83. The maximum atomic E-state index is 8.39. The molecule has 3 N–H and O–H groups in total. The van der Waals surface area contributed by atoms with E-state index in [2.05, 4.69) is 0 Å². The SMILES string of the molecule is OB(O)O.[O]=[Pb]. The molecule has 6 heteroatoms. The monoisotopic (exact) mass is 286 g/mol. The zero-order valence-electron chi connectivity index (χ0n) is 2.83. The van der Waals surface area contributed by atoms with Crippen LogP contribution in [0.2, 0.25) is 0 Å². The molecule has 0 fully saturated rings. The van der Waals surface area contributed by atoms with Gasteiger partial charge in [0, 0.05) is 0 Å². The fraction of sp³-hybridized carbons (Fsp3) is 0. The van der Waals surface area contributed by atoms with E-state index in [1.54, 1.807) is 0 Å². The summed E-state index contributed by atoms with van der Waals surface area (Å²) in [7, 11) is -2.17. The van der Waals surface area contributed by atoms with Gasteiger partial charge in [0.15, 0.2) is 0 Å². The predicted molar refractivity (Wildman–Crippen MR) is 18.9 cm³/mol. The Hall–Kier alpha value is 0.667. The third-order valence-corrected chi connectivity index (χ3v) is 0. The Labute approximate surface area is 51.1 Å². The summed E-state index contributed by atoms with van der Waals surface area (Å²) >= 11 is 0.0556. The van der Waals surface area contributed by atoms with Crippen LogP contribution in [-0.4, -0.2) is 48.2 Å². The van der Waals surface area contributed by atoms with Crippen molar-refractivity contribution in [2.45, 2.75) is 0 Å². The molecule has 0 unspecified atom stereocenters. The molecule has 0 aliphatic rings. The van der Waals surface area contributed by atoms with E-state index in [4.69, 9.17) is 17.8 Å². The second-order valence-corrected chi connectivity index (χ2v) is 0.346. The van der Waals surface area contributed by atoms with Crippen LogP contribution < -0.4 is 0 Å². The number of rotatable bonds is 0. The molecular weight excluding hydrogens is 282 g/mol. The molecule has 0 aliphatic carbocycles. The van der Waals surface area contributed by atoms with Crippen LogP contribution in [0.1, 0.15) is 0 Å². The van der Waals surface area contributed by atoms with Crippen LogP contribution >= 0.6 is 0 Å². The van der Waals surface area contributed by atoms with Crippen molar-refractivity contribution in [3.8, 4) is 0 Å². The number of hydrogen-bond acceptors (Lipinski definition) is 4. The Kier molecular flexibility index (Phi) is 15.0. The van der Waals surface area contributed by atoms with Gasteiger partial charge in [0.2, 0.25) is 0 Å². The first-order valence-corrected chi connectivity index (χ1v) is 2.57. The molecular formula is H3BO4Pb. The van der Waals surface area contributed by atoms with Gasteiger partial charge in [-0.1, -0.05) is 0 Å². The summed E-state index contributed by atoms with van der Waals surface area (Å²) in [5.74, 6) is 0. The molecule has 0 aromatic carbocycles. The zero-order valence-corrected chi connectivity index (χ0v) is 6.71. The second kappa shape index (κ2) is 9.18. The summed E-state index contributed by atoms with van der Waals surface area (Å²) in [5.41, 5.74) is 0. The molecule has 0 bridgehead atoms. The fourth-order valence-corrected chi connectivity index (χ4v) is 0. The van der Waals surface area contributed by atoms with Gasteiger partial charge in [0.1, 0.15) is 0 Å². The molecule has 6 heavy (non-hydrogen) atoms. The van der Waals surface area contributed by atoms with Crippen molar-refractivity contribution >= 4 is 33.1 Å². The molecule has 0 aromatic rings. The van der Waals surface area contributed by atoms with Gasteiger partial charge in [-0.25, -0.2) is 0 Å². The van der Waals surface area contributed by atoms with E-state index in [9.17, 15) is 0 Å². The number of hydrogen-bond donors (Lipinski definition) is 3. The molecule has 0 saturated heterocycles. The molecule has 34 valence electrons. The van der Waals surface area contributed by atoms with Crippen LogP contribution in [0.3, 0.4) is 0 Å². The Morgan fingerprint density at radius 3 is 1.17 bits per heavy atom. The van der Waals surface area contributed by atoms with Gasteiger partial charge >= 0.3 is 35.8 Å². The maximum absolute atomic E-state index is 8.39. The van der Waals surface area contributed by atoms with E-state index >= 15 is 0 Å². The van der Waals surface area contributed by atoms with Crippen molar-refractivity contribution in [2.24, 2.45) is 0 Å². The van der Waals surface area contributed by atoms with E-state index in [1.165, 1.54) is 0 Å². The summed E-state index contributed by atoms with van der Waals surface area (Å²) in [6.07, 6.45) is 0. The van der Waals surface area contributed by atoms with E-state index in [0.717, 1.165) is 0 Å². The third-order valence-electron chi connectivity index (χ3n) is 0. The Bertz CT molecular complexity index is 18.8. The standard InChI is InChI=1S/BH3O3.O.Pb/c2-1(3)4;;/h2-4H;;. The first-order valence-electron chi connectivity index (χ1n) is 0.979. The van der Waals surface area contributed by atoms with Crippen molar-refractivity contribution in [2.75, 3.05) is 0 Å². The van der Waals surface area contributed by atoms with Gasteiger partial charge in [-0.2, -0.15) is 0 Å². The molecule has 0 spiro atoms. The van der Waals surface area contributed by atoms with Crippen molar-refractivity contribution in [3.63, 3.8) is 0 Å². The van der Waals surface area contributed by atoms with Crippen molar-refractivity contribution in [1.29, 1.82) is 0 Å². The van der Waals surface area contributed by atoms with Crippen LogP contribution in [0.15, 0.2) is 0 Å². The molecule has 0 aromatic heterocycles. The van der Waals surface area contributed by atoms with Gasteiger partial charge in [-0.15, -0.1) is 0 Å². The van der Waals surface area contributed by atoms with Gasteiger partial charge in [0.25, 0.3) is 0 Å². The van der Waals surface area contributed by atoms with Gasteiger partial charge in [-0.05, 0) is 0 Å². The molecule has 0 aliphatic heterocycles. The van der Waals surface area contributed by atoms with E-state index < -0.39 is 7.32 Å². The van der Waals surface area contributed by atoms with E-state index in [0.29, 0.717) is 0 Å². The van der Waals surface area contributed by atoms with E-state index in [-0.39, 0.29) is 25.8 Å². The Balaban J connectivity index is 0. The molecule has 0 atom stereocenters. The summed E-state index contributed by atoms with van der Waals surface area (Å²) < 4.78 is 8.39. The molecule has 0 heterocycles. The topological polar surface area (TPSA) is 77.8 Å². The summed E-state index contributed by atoms with van der Waals surface area (Å²) in [5, 5.41) is 21.5. The third kappa shape index (κ3) is 141. The van der Waals surface area contributed by atoms with Crippen LogP contribution in [0.5, 0.6) is 0 Å². The van der Waals surface area contributed by atoms with Gasteiger partial charge < -0.3 is 15.1 Å². The average molecular weight is 285 g/mol. The van der Waals surface area contributed by atoms with Crippen LogP contribution in [0, 0.1) is 0 Å². The molecule has 0 rings (SSSR count). The minimum atomic E-state index is -2.17. The van der Waals surface area contributed by atoms with Crippen molar-refractivity contribution < 1.29 is 17.8 Å². The van der Waals surface area contributed by atoms with Gasteiger partial charge in [0.05, 0.1) is 0 Å². The first-order chi connectivity index (χ1) is 2.73. The van der Waals surface area contributed by atoms with Gasteiger partial charge in [-0.3, -0.25) is 0 Å². The molecule has 0 amide bonds. The fourth-order valence-electron chi connectivity index (χ4n) is 0. The average Bonchev–Trinajstić information content (AvgIpc) is 1.41. The summed E-state index contributed by atoms with van der Waals surface area (Å²) in [4.78, 5) is 0. The van der Waals surface area contributed by atoms with Crippen LogP contribution in [0.25, 0.3) is 0 Å². The summed E-state index contributed by atoms with van der Waals surface area (Å²) in [6, 6.07) is 0. The quantitative estimate of drug-likeness (QED) is 0.428.